The van der Waals surface area contributed by atoms with Crippen LogP contribution in [-0.2, 0) is 16.1 Å². The lowest BCUT2D eigenvalue weighted by molar-refractivity contribution is -0.128. The normalized spacial score (nSPS) is 9.79. The van der Waals surface area contributed by atoms with Crippen molar-refractivity contribution >= 4 is 11.9 Å². The third-order valence-electron chi connectivity index (χ3n) is 2.61. The van der Waals surface area contributed by atoms with E-state index in [1.165, 1.54) is 6.92 Å². The van der Waals surface area contributed by atoms with Crippen LogP contribution in [0.5, 0.6) is 0 Å². The van der Waals surface area contributed by atoms with Crippen LogP contribution in [0, 0.1) is 0 Å². The number of nitrogens with zero attached hydrogens (tertiary/aromatic N) is 1. The van der Waals surface area contributed by atoms with Crippen LogP contribution in [-0.4, -0.2) is 29.9 Å². The number of carbonyl (C=O) groups excluding carboxylic acids is 2. The van der Waals surface area contributed by atoms with E-state index in [1.807, 2.05) is 6.07 Å². The van der Waals surface area contributed by atoms with Gasteiger partial charge in [-0.3, -0.25) is 4.79 Å². The van der Waals surface area contributed by atoms with Crippen LogP contribution in [0.15, 0.2) is 36.9 Å². The van der Waals surface area contributed by atoms with Crippen LogP contribution < -0.4 is 0 Å². The minimum atomic E-state index is -0.345. The molecule has 4 nitrogen and oxygen atoms in total. The van der Waals surface area contributed by atoms with Crippen LogP contribution in [0.4, 0.5) is 0 Å². The van der Waals surface area contributed by atoms with Crippen molar-refractivity contribution in [3.05, 3.63) is 48.0 Å². The zero-order chi connectivity index (χ0) is 14.3. The first-order valence-corrected chi connectivity index (χ1v) is 6.21. The Bertz CT molecular complexity index is 468. The summed E-state index contributed by atoms with van der Waals surface area (Å²) in [6, 6.07) is 7.11. The molecular formula is C15H19NO3. The van der Waals surface area contributed by atoms with Gasteiger partial charge in [-0.1, -0.05) is 18.2 Å². The van der Waals surface area contributed by atoms with E-state index in [0.717, 1.165) is 5.56 Å². The van der Waals surface area contributed by atoms with Gasteiger partial charge in [0.1, 0.15) is 0 Å². The minimum Gasteiger partial charge on any atom is -0.462 e. The summed E-state index contributed by atoms with van der Waals surface area (Å²) < 4.78 is 4.95. The molecule has 0 aliphatic rings. The molecule has 102 valence electrons. The fourth-order valence-corrected chi connectivity index (χ4v) is 1.69. The maximum Gasteiger partial charge on any atom is 0.338 e. The monoisotopic (exact) mass is 261 g/mol. The molecule has 0 aliphatic heterocycles. The van der Waals surface area contributed by atoms with Crippen molar-refractivity contribution in [3.63, 3.8) is 0 Å². The first-order valence-electron chi connectivity index (χ1n) is 6.21. The highest BCUT2D eigenvalue weighted by Crippen LogP contribution is 2.10. The fraction of sp³-hybridized carbons (Fsp3) is 0.333. The molecule has 0 spiro atoms. The molecule has 1 aromatic carbocycles. The van der Waals surface area contributed by atoms with E-state index in [2.05, 4.69) is 6.58 Å². The van der Waals surface area contributed by atoms with E-state index in [-0.39, 0.29) is 11.9 Å². The molecule has 1 aromatic rings. The Labute approximate surface area is 113 Å². The molecule has 0 aromatic heterocycles. The Morgan fingerprint density at radius 2 is 2.16 bits per heavy atom. The summed E-state index contributed by atoms with van der Waals surface area (Å²) in [6.45, 7) is 8.19. The largest absolute Gasteiger partial charge is 0.462 e. The zero-order valence-electron chi connectivity index (χ0n) is 11.4. The summed E-state index contributed by atoms with van der Waals surface area (Å²) in [6.07, 6.45) is 1.68. The van der Waals surface area contributed by atoms with Gasteiger partial charge in [0.2, 0.25) is 5.91 Å². The second kappa shape index (κ2) is 7.36. The molecule has 0 radical (unpaired) electrons. The molecule has 0 fully saturated rings. The van der Waals surface area contributed by atoms with Gasteiger partial charge >= 0.3 is 5.97 Å². The number of hydrogen-bond donors (Lipinski definition) is 0. The predicted molar refractivity (Wildman–Crippen MR) is 73.7 cm³/mol. The lowest BCUT2D eigenvalue weighted by atomic mass is 10.1. The quantitative estimate of drug-likeness (QED) is 0.583. The molecule has 0 aliphatic carbocycles. The third kappa shape index (κ3) is 4.58. The summed E-state index contributed by atoms with van der Waals surface area (Å²) in [4.78, 5) is 24.7. The molecule has 0 atom stereocenters. The van der Waals surface area contributed by atoms with Gasteiger partial charge in [0, 0.05) is 20.0 Å². The van der Waals surface area contributed by atoms with Crippen LogP contribution in [0.1, 0.15) is 29.8 Å². The number of amides is 1. The second-order valence-corrected chi connectivity index (χ2v) is 4.11. The zero-order valence-corrected chi connectivity index (χ0v) is 11.4. The molecule has 0 heterocycles. The molecular weight excluding hydrogens is 242 g/mol. The fourth-order valence-electron chi connectivity index (χ4n) is 1.69. The molecule has 0 saturated carbocycles. The highest BCUT2D eigenvalue weighted by Gasteiger charge is 2.10. The highest BCUT2D eigenvalue weighted by molar-refractivity contribution is 5.89. The summed E-state index contributed by atoms with van der Waals surface area (Å²) in [5.41, 5.74) is 1.39. The molecule has 19 heavy (non-hydrogen) atoms. The van der Waals surface area contributed by atoms with E-state index < -0.39 is 0 Å². The van der Waals surface area contributed by atoms with Gasteiger partial charge in [-0.2, -0.15) is 0 Å². The van der Waals surface area contributed by atoms with Crippen LogP contribution >= 0.6 is 0 Å². The van der Waals surface area contributed by atoms with Gasteiger partial charge in [0.25, 0.3) is 0 Å². The summed E-state index contributed by atoms with van der Waals surface area (Å²) in [5.74, 6) is -0.371. The van der Waals surface area contributed by atoms with E-state index in [0.29, 0.717) is 25.3 Å². The molecule has 4 heteroatoms. The minimum absolute atomic E-state index is 0.0264. The Hall–Kier alpha value is -2.10. The number of carbonyl (C=O) groups is 2. The van der Waals surface area contributed by atoms with Crippen molar-refractivity contribution in [3.8, 4) is 0 Å². The average molecular weight is 261 g/mol. The Balaban J connectivity index is 2.83. The summed E-state index contributed by atoms with van der Waals surface area (Å²) in [7, 11) is 0. The first kappa shape index (κ1) is 15.0. The Kier molecular flexibility index (Phi) is 5.79. The average Bonchev–Trinajstić information content (AvgIpc) is 2.39. The third-order valence-corrected chi connectivity index (χ3v) is 2.61. The predicted octanol–water partition coefficient (Wildman–Crippen LogP) is 2.40. The van der Waals surface area contributed by atoms with E-state index in [9.17, 15) is 9.59 Å². The first-order chi connectivity index (χ1) is 9.08. The number of benzene rings is 1. The summed E-state index contributed by atoms with van der Waals surface area (Å²) in [5, 5.41) is 0. The van der Waals surface area contributed by atoms with Crippen LogP contribution in [0.2, 0.25) is 0 Å². The Morgan fingerprint density at radius 3 is 2.74 bits per heavy atom. The van der Waals surface area contributed by atoms with Crippen molar-refractivity contribution in [1.82, 2.24) is 4.90 Å². The maximum absolute atomic E-state index is 11.6. The second-order valence-electron chi connectivity index (χ2n) is 4.11. The van der Waals surface area contributed by atoms with E-state index in [4.69, 9.17) is 4.74 Å². The topological polar surface area (TPSA) is 46.6 Å². The highest BCUT2D eigenvalue weighted by atomic mass is 16.5. The molecule has 0 saturated heterocycles. The standard InChI is InChI=1S/C15H19NO3/c1-4-9-16(12(3)17)11-13-7-6-8-14(10-13)15(18)19-5-2/h4,6-8,10H,1,5,9,11H2,2-3H3. The van der Waals surface area contributed by atoms with Crippen molar-refractivity contribution < 1.29 is 14.3 Å². The lowest BCUT2D eigenvalue weighted by Crippen LogP contribution is -2.28. The van der Waals surface area contributed by atoms with Gasteiger partial charge in [-0.15, -0.1) is 6.58 Å². The molecule has 0 N–H and O–H groups in total. The van der Waals surface area contributed by atoms with Crippen molar-refractivity contribution in [2.45, 2.75) is 20.4 Å². The van der Waals surface area contributed by atoms with Gasteiger partial charge in [-0.05, 0) is 24.6 Å². The van der Waals surface area contributed by atoms with Crippen molar-refractivity contribution in [2.75, 3.05) is 13.2 Å². The van der Waals surface area contributed by atoms with E-state index in [1.54, 1.807) is 36.1 Å². The van der Waals surface area contributed by atoms with E-state index >= 15 is 0 Å². The van der Waals surface area contributed by atoms with Gasteiger partial charge in [0.05, 0.1) is 12.2 Å². The summed E-state index contributed by atoms with van der Waals surface area (Å²) >= 11 is 0. The van der Waals surface area contributed by atoms with Crippen molar-refractivity contribution in [2.24, 2.45) is 0 Å². The van der Waals surface area contributed by atoms with Gasteiger partial charge in [-0.25, -0.2) is 4.79 Å². The van der Waals surface area contributed by atoms with Gasteiger partial charge in [0.15, 0.2) is 0 Å². The smallest absolute Gasteiger partial charge is 0.338 e. The molecule has 1 rings (SSSR count). The Morgan fingerprint density at radius 1 is 1.42 bits per heavy atom. The van der Waals surface area contributed by atoms with Crippen molar-refractivity contribution in [1.29, 1.82) is 0 Å². The van der Waals surface area contributed by atoms with Crippen LogP contribution in [0.25, 0.3) is 0 Å². The molecule has 0 bridgehead atoms. The number of ether oxygens (including phenoxy) is 1. The SMILES string of the molecule is C=CCN(Cc1cccc(C(=O)OCC)c1)C(C)=O. The number of rotatable bonds is 6. The van der Waals surface area contributed by atoms with Crippen LogP contribution in [0.3, 0.4) is 0 Å². The molecule has 0 unspecified atom stereocenters. The number of esters is 1. The molecule has 1 amide bonds. The maximum atomic E-state index is 11.6. The lowest BCUT2D eigenvalue weighted by Gasteiger charge is -2.19. The van der Waals surface area contributed by atoms with Gasteiger partial charge < -0.3 is 9.64 Å². The number of hydrogen-bond acceptors (Lipinski definition) is 3.